The maximum atomic E-state index is 11.7. The largest absolute Gasteiger partial charge is 0.481 e. The van der Waals surface area contributed by atoms with E-state index < -0.39 is 5.97 Å². The summed E-state index contributed by atoms with van der Waals surface area (Å²) in [4.78, 5) is 22.5. The molecule has 18 heavy (non-hydrogen) atoms. The number of carboxylic acids is 1. The zero-order valence-electron chi connectivity index (χ0n) is 11.5. The minimum Gasteiger partial charge on any atom is -0.481 e. The van der Waals surface area contributed by atoms with E-state index in [1.54, 1.807) is 0 Å². The lowest BCUT2D eigenvalue weighted by atomic mass is 9.86. The molecule has 0 heterocycles. The Kier molecular flexibility index (Phi) is 5.14. The summed E-state index contributed by atoms with van der Waals surface area (Å²) in [5.41, 5.74) is -0.0711. The lowest BCUT2D eigenvalue weighted by Crippen LogP contribution is -2.46. The third kappa shape index (κ3) is 5.49. The molecule has 0 radical (unpaired) electrons. The van der Waals surface area contributed by atoms with Crippen molar-refractivity contribution in [2.75, 3.05) is 6.54 Å². The van der Waals surface area contributed by atoms with Crippen molar-refractivity contribution in [2.45, 2.75) is 58.0 Å². The third-order valence-corrected chi connectivity index (χ3v) is 3.22. The van der Waals surface area contributed by atoms with Crippen LogP contribution in [0.25, 0.3) is 0 Å². The predicted octanol–water partition coefficient (Wildman–Crippen LogP) is 1.13. The van der Waals surface area contributed by atoms with E-state index in [1.165, 1.54) is 0 Å². The van der Waals surface area contributed by atoms with Gasteiger partial charge in [-0.1, -0.05) is 0 Å². The van der Waals surface area contributed by atoms with Gasteiger partial charge in [0, 0.05) is 11.6 Å². The topological polar surface area (TPSA) is 78.4 Å². The highest BCUT2D eigenvalue weighted by Gasteiger charge is 2.26. The number of nitrogens with one attached hydrogen (secondary N) is 2. The van der Waals surface area contributed by atoms with E-state index in [2.05, 4.69) is 10.6 Å². The van der Waals surface area contributed by atoms with Crippen LogP contribution in [0.15, 0.2) is 0 Å². The lowest BCUT2D eigenvalue weighted by molar-refractivity contribution is -0.142. The number of amides is 1. The zero-order chi connectivity index (χ0) is 13.8. The number of carbonyl (C=O) groups excluding carboxylic acids is 1. The smallest absolute Gasteiger partial charge is 0.306 e. The molecule has 1 amide bonds. The van der Waals surface area contributed by atoms with Gasteiger partial charge in [-0.25, -0.2) is 0 Å². The second-order valence-corrected chi connectivity index (χ2v) is 6.06. The molecule has 1 saturated carbocycles. The summed E-state index contributed by atoms with van der Waals surface area (Å²) in [5, 5.41) is 15.0. The van der Waals surface area contributed by atoms with E-state index in [1.807, 2.05) is 20.8 Å². The molecule has 1 fully saturated rings. The van der Waals surface area contributed by atoms with Gasteiger partial charge in [-0.2, -0.15) is 0 Å². The van der Waals surface area contributed by atoms with Crippen LogP contribution in [0.1, 0.15) is 46.5 Å². The minimum atomic E-state index is -0.714. The van der Waals surface area contributed by atoms with Crippen molar-refractivity contribution >= 4 is 11.9 Å². The van der Waals surface area contributed by atoms with Gasteiger partial charge in [0.15, 0.2) is 0 Å². The maximum absolute atomic E-state index is 11.7. The molecule has 0 aromatic carbocycles. The van der Waals surface area contributed by atoms with Crippen LogP contribution in [0.5, 0.6) is 0 Å². The van der Waals surface area contributed by atoms with E-state index in [4.69, 9.17) is 5.11 Å². The molecule has 0 aromatic rings. The average Bonchev–Trinajstić information content (AvgIpc) is 2.26. The van der Waals surface area contributed by atoms with E-state index >= 15 is 0 Å². The Morgan fingerprint density at radius 2 is 1.72 bits per heavy atom. The quantitative estimate of drug-likeness (QED) is 0.704. The molecule has 0 atom stereocenters. The molecule has 0 unspecified atom stereocenters. The first-order chi connectivity index (χ1) is 8.28. The summed E-state index contributed by atoms with van der Waals surface area (Å²) in [7, 11) is 0. The normalized spacial score (nSPS) is 24.6. The summed E-state index contributed by atoms with van der Waals surface area (Å²) >= 11 is 0. The average molecular weight is 256 g/mol. The number of aliphatic carboxylic acids is 1. The first kappa shape index (κ1) is 15.0. The zero-order valence-corrected chi connectivity index (χ0v) is 11.5. The van der Waals surface area contributed by atoms with Gasteiger partial charge in [-0.15, -0.1) is 0 Å². The maximum Gasteiger partial charge on any atom is 0.306 e. The summed E-state index contributed by atoms with van der Waals surface area (Å²) in [5.74, 6) is -0.955. The Morgan fingerprint density at radius 1 is 1.17 bits per heavy atom. The van der Waals surface area contributed by atoms with Crippen LogP contribution >= 0.6 is 0 Å². The van der Waals surface area contributed by atoms with Gasteiger partial charge in [0.1, 0.15) is 0 Å². The molecule has 0 aromatic heterocycles. The fourth-order valence-corrected chi connectivity index (χ4v) is 2.11. The van der Waals surface area contributed by atoms with Crippen LogP contribution in [0.3, 0.4) is 0 Å². The number of hydrogen-bond acceptors (Lipinski definition) is 3. The molecule has 0 spiro atoms. The predicted molar refractivity (Wildman–Crippen MR) is 69.3 cm³/mol. The van der Waals surface area contributed by atoms with Crippen LogP contribution in [0.2, 0.25) is 0 Å². The molecule has 0 bridgehead atoms. The molecule has 3 N–H and O–H groups in total. The number of carbonyl (C=O) groups is 2. The van der Waals surface area contributed by atoms with Crippen molar-refractivity contribution in [3.05, 3.63) is 0 Å². The summed E-state index contributed by atoms with van der Waals surface area (Å²) < 4.78 is 0. The Labute approximate surface area is 108 Å². The summed E-state index contributed by atoms with van der Waals surface area (Å²) in [6, 6.07) is 0.134. The molecule has 104 valence electrons. The van der Waals surface area contributed by atoms with Gasteiger partial charge in [0.25, 0.3) is 0 Å². The Balaban J connectivity index is 2.24. The molecule has 0 saturated heterocycles. The molecule has 0 aliphatic heterocycles. The molecular weight excluding hydrogens is 232 g/mol. The number of hydrogen-bond donors (Lipinski definition) is 3. The molecule has 1 rings (SSSR count). The third-order valence-electron chi connectivity index (χ3n) is 3.22. The monoisotopic (exact) mass is 256 g/mol. The number of carboxylic acid groups (broad SMARTS) is 1. The number of rotatable bonds is 4. The van der Waals surface area contributed by atoms with Crippen LogP contribution in [-0.2, 0) is 9.59 Å². The highest BCUT2D eigenvalue weighted by Crippen LogP contribution is 2.24. The second kappa shape index (κ2) is 6.18. The molecule has 1 aliphatic rings. The molecule has 1 aliphatic carbocycles. The van der Waals surface area contributed by atoms with Gasteiger partial charge in [0.2, 0.25) is 5.91 Å². The van der Waals surface area contributed by atoms with Crippen LogP contribution in [0.4, 0.5) is 0 Å². The van der Waals surface area contributed by atoms with Gasteiger partial charge in [-0.05, 0) is 46.5 Å². The first-order valence-electron chi connectivity index (χ1n) is 6.55. The molecular formula is C13H24N2O3. The molecule has 5 heteroatoms. The van der Waals surface area contributed by atoms with Crippen molar-refractivity contribution < 1.29 is 14.7 Å². The molecule has 5 nitrogen and oxygen atoms in total. The van der Waals surface area contributed by atoms with E-state index in [9.17, 15) is 9.59 Å². The fraction of sp³-hybridized carbons (Fsp3) is 0.846. The lowest BCUT2D eigenvalue weighted by Gasteiger charge is -2.27. The Morgan fingerprint density at radius 3 is 2.17 bits per heavy atom. The van der Waals surface area contributed by atoms with Gasteiger partial charge in [0.05, 0.1) is 12.5 Å². The first-order valence-corrected chi connectivity index (χ1v) is 6.55. The van der Waals surface area contributed by atoms with Crippen molar-refractivity contribution in [3.8, 4) is 0 Å². The van der Waals surface area contributed by atoms with Crippen LogP contribution < -0.4 is 10.6 Å². The minimum absolute atomic E-state index is 0.0105. The van der Waals surface area contributed by atoms with Crippen molar-refractivity contribution in [2.24, 2.45) is 5.92 Å². The van der Waals surface area contributed by atoms with E-state index in [-0.39, 0.29) is 23.4 Å². The van der Waals surface area contributed by atoms with Gasteiger partial charge in [-0.3, -0.25) is 9.59 Å². The van der Waals surface area contributed by atoms with Crippen LogP contribution in [-0.4, -0.2) is 35.1 Å². The van der Waals surface area contributed by atoms with E-state index in [0.717, 1.165) is 12.8 Å². The van der Waals surface area contributed by atoms with Crippen molar-refractivity contribution in [1.29, 1.82) is 0 Å². The fourth-order valence-electron chi connectivity index (χ4n) is 2.11. The van der Waals surface area contributed by atoms with E-state index in [0.29, 0.717) is 19.4 Å². The highest BCUT2D eigenvalue weighted by atomic mass is 16.4. The summed E-state index contributed by atoms with van der Waals surface area (Å²) in [6.07, 6.45) is 2.84. The summed E-state index contributed by atoms with van der Waals surface area (Å²) in [6.45, 7) is 6.34. The standard InChI is InChI=1S/C13H24N2O3/c1-13(2,3)14-8-11(16)15-10-6-4-9(5-7-10)12(17)18/h9-10,14H,4-8H2,1-3H3,(H,15,16)(H,17,18). The van der Waals surface area contributed by atoms with Gasteiger partial charge < -0.3 is 15.7 Å². The van der Waals surface area contributed by atoms with Crippen LogP contribution in [0, 0.1) is 5.92 Å². The SMILES string of the molecule is CC(C)(C)NCC(=O)NC1CCC(C(=O)O)CC1. The highest BCUT2D eigenvalue weighted by molar-refractivity contribution is 5.78. The van der Waals surface area contributed by atoms with Crippen molar-refractivity contribution in [3.63, 3.8) is 0 Å². The Hall–Kier alpha value is -1.10. The Bertz CT molecular complexity index is 302. The van der Waals surface area contributed by atoms with Gasteiger partial charge >= 0.3 is 5.97 Å². The second-order valence-electron chi connectivity index (χ2n) is 6.06. The van der Waals surface area contributed by atoms with Crippen molar-refractivity contribution in [1.82, 2.24) is 10.6 Å².